The summed E-state index contributed by atoms with van der Waals surface area (Å²) in [4.78, 5) is 3.84. The highest BCUT2D eigenvalue weighted by Gasteiger charge is 2.52. The molecule has 0 saturated heterocycles. The molecule has 0 aliphatic heterocycles. The number of nitrogens with two attached hydrogens (primary N) is 1. The summed E-state index contributed by atoms with van der Waals surface area (Å²) in [6, 6.07) is 4.13. The number of fused-ring (bicyclic) bond motifs is 2. The Kier molecular flexibility index (Phi) is 3.43. The fourth-order valence-electron chi connectivity index (χ4n) is 4.12. The summed E-state index contributed by atoms with van der Waals surface area (Å²) in [6.45, 7) is 1.78. The number of rotatable bonds is 4. The smallest absolute Gasteiger partial charge is 0.0931 e. The first kappa shape index (κ1) is 12.9. The van der Waals surface area contributed by atoms with Crippen LogP contribution in [0.5, 0.6) is 0 Å². The summed E-state index contributed by atoms with van der Waals surface area (Å²) in [6.07, 6.45) is 5.49. The van der Waals surface area contributed by atoms with Gasteiger partial charge in [0.05, 0.1) is 4.34 Å². The molecule has 2 saturated carbocycles. The van der Waals surface area contributed by atoms with E-state index >= 15 is 0 Å². The summed E-state index contributed by atoms with van der Waals surface area (Å²) in [5, 5.41) is 0. The number of hydrogen-bond donors (Lipinski definition) is 1. The minimum atomic E-state index is 0.249. The molecule has 0 radical (unpaired) electrons. The molecule has 0 amide bonds. The average Bonchev–Trinajstić information content (AvgIpc) is 3.04. The van der Waals surface area contributed by atoms with Gasteiger partial charge in [-0.1, -0.05) is 18.0 Å². The molecule has 2 N–H and O–H groups in total. The van der Waals surface area contributed by atoms with Gasteiger partial charge < -0.3 is 5.73 Å². The van der Waals surface area contributed by atoms with Gasteiger partial charge in [-0.05, 0) is 50.3 Å². The largest absolute Gasteiger partial charge is 0.329 e. The zero-order valence-electron chi connectivity index (χ0n) is 10.9. The van der Waals surface area contributed by atoms with Gasteiger partial charge >= 0.3 is 0 Å². The lowest BCUT2D eigenvalue weighted by molar-refractivity contribution is 0.0600. The van der Waals surface area contributed by atoms with Crippen molar-refractivity contribution in [2.24, 2.45) is 17.6 Å². The second kappa shape index (κ2) is 4.78. The molecule has 0 spiro atoms. The van der Waals surface area contributed by atoms with Crippen molar-refractivity contribution in [3.8, 4) is 0 Å². The van der Waals surface area contributed by atoms with E-state index in [0.29, 0.717) is 0 Å². The van der Waals surface area contributed by atoms with Gasteiger partial charge in [-0.15, -0.1) is 11.3 Å². The second-order valence-electron chi connectivity index (χ2n) is 5.95. The molecule has 100 valence electrons. The van der Waals surface area contributed by atoms with Crippen LogP contribution in [0.1, 0.15) is 30.6 Å². The molecule has 3 atom stereocenters. The zero-order chi connectivity index (χ0) is 12.8. The molecule has 2 fully saturated rings. The molecule has 1 aromatic rings. The summed E-state index contributed by atoms with van der Waals surface area (Å²) < 4.78 is 0.883. The van der Waals surface area contributed by atoms with Crippen LogP contribution in [0, 0.1) is 11.8 Å². The van der Waals surface area contributed by atoms with Gasteiger partial charge in [-0.25, -0.2) is 0 Å². The van der Waals surface area contributed by atoms with E-state index in [9.17, 15) is 0 Å². The standard InChI is InChI=1S/C14H21ClN2S/c1-17(8-12-4-5-13(15)18-12)14(9-16)7-10-2-3-11(14)6-10/h4-5,10-11H,2-3,6-9,16H2,1H3. The molecule has 2 bridgehead atoms. The van der Waals surface area contributed by atoms with Crippen LogP contribution in [0.25, 0.3) is 0 Å². The molecular formula is C14H21ClN2S. The molecule has 3 unspecified atom stereocenters. The molecule has 3 rings (SSSR count). The molecule has 2 aliphatic carbocycles. The van der Waals surface area contributed by atoms with Crippen LogP contribution in [0.4, 0.5) is 0 Å². The van der Waals surface area contributed by atoms with Crippen LogP contribution in [0.2, 0.25) is 4.34 Å². The maximum Gasteiger partial charge on any atom is 0.0931 e. The number of thiophene rings is 1. The van der Waals surface area contributed by atoms with E-state index in [2.05, 4.69) is 18.0 Å². The first-order valence-electron chi connectivity index (χ1n) is 6.79. The second-order valence-corrected chi connectivity index (χ2v) is 7.75. The molecule has 0 aromatic carbocycles. The molecule has 1 aromatic heterocycles. The highest BCUT2D eigenvalue weighted by molar-refractivity contribution is 7.16. The van der Waals surface area contributed by atoms with Crippen molar-refractivity contribution in [3.63, 3.8) is 0 Å². The van der Waals surface area contributed by atoms with Crippen LogP contribution < -0.4 is 5.73 Å². The Labute approximate surface area is 118 Å². The molecule has 2 nitrogen and oxygen atoms in total. The summed E-state index contributed by atoms with van der Waals surface area (Å²) in [5.41, 5.74) is 6.40. The predicted octanol–water partition coefficient (Wildman–Crippen LogP) is 3.35. The molecule has 4 heteroatoms. The minimum absolute atomic E-state index is 0.249. The van der Waals surface area contributed by atoms with Crippen molar-refractivity contribution in [1.29, 1.82) is 0 Å². The van der Waals surface area contributed by atoms with Gasteiger partial charge in [-0.3, -0.25) is 4.90 Å². The molecule has 18 heavy (non-hydrogen) atoms. The van der Waals surface area contributed by atoms with Crippen LogP contribution in [-0.4, -0.2) is 24.0 Å². The van der Waals surface area contributed by atoms with Crippen LogP contribution in [0.15, 0.2) is 12.1 Å². The molecule has 2 aliphatic rings. The van der Waals surface area contributed by atoms with Gasteiger partial charge in [-0.2, -0.15) is 0 Å². The van der Waals surface area contributed by atoms with Gasteiger partial charge in [0.25, 0.3) is 0 Å². The third-order valence-electron chi connectivity index (χ3n) is 5.08. The Balaban J connectivity index is 1.76. The van der Waals surface area contributed by atoms with Crippen molar-refractivity contribution in [2.75, 3.05) is 13.6 Å². The van der Waals surface area contributed by atoms with Crippen molar-refractivity contribution in [2.45, 2.75) is 37.8 Å². The average molecular weight is 285 g/mol. The number of halogens is 1. The van der Waals surface area contributed by atoms with Crippen molar-refractivity contribution in [1.82, 2.24) is 4.90 Å². The Bertz CT molecular complexity index is 433. The third kappa shape index (κ3) is 2.01. The fourth-order valence-corrected chi connectivity index (χ4v) is 5.26. The first-order chi connectivity index (χ1) is 8.64. The zero-order valence-corrected chi connectivity index (χ0v) is 12.4. The normalized spacial score (nSPS) is 34.7. The lowest BCUT2D eigenvalue weighted by atomic mass is 9.79. The Morgan fingerprint density at radius 1 is 1.50 bits per heavy atom. The molecule has 1 heterocycles. The quantitative estimate of drug-likeness (QED) is 0.919. The monoisotopic (exact) mass is 284 g/mol. The minimum Gasteiger partial charge on any atom is -0.329 e. The number of hydrogen-bond acceptors (Lipinski definition) is 3. The number of nitrogens with zero attached hydrogens (tertiary/aromatic N) is 1. The highest BCUT2D eigenvalue weighted by atomic mass is 35.5. The predicted molar refractivity (Wildman–Crippen MR) is 78.0 cm³/mol. The fraction of sp³-hybridized carbons (Fsp3) is 0.714. The van der Waals surface area contributed by atoms with Gasteiger partial charge in [0.2, 0.25) is 0 Å². The Morgan fingerprint density at radius 2 is 2.33 bits per heavy atom. The third-order valence-corrected chi connectivity index (χ3v) is 6.29. The van der Waals surface area contributed by atoms with Gasteiger partial charge in [0, 0.05) is 23.5 Å². The van der Waals surface area contributed by atoms with E-state index in [1.165, 1.54) is 30.6 Å². The van der Waals surface area contributed by atoms with Gasteiger partial charge in [0.15, 0.2) is 0 Å². The van der Waals surface area contributed by atoms with E-state index in [-0.39, 0.29) is 5.54 Å². The van der Waals surface area contributed by atoms with Crippen LogP contribution in [-0.2, 0) is 6.54 Å². The van der Waals surface area contributed by atoms with E-state index in [1.54, 1.807) is 11.3 Å². The van der Waals surface area contributed by atoms with Crippen molar-refractivity contribution in [3.05, 3.63) is 21.3 Å². The lowest BCUT2D eigenvalue weighted by Crippen LogP contribution is -2.55. The van der Waals surface area contributed by atoms with Crippen molar-refractivity contribution < 1.29 is 0 Å². The summed E-state index contributed by atoms with van der Waals surface area (Å²) in [7, 11) is 2.24. The maximum absolute atomic E-state index is 6.15. The van der Waals surface area contributed by atoms with E-state index in [1.807, 2.05) is 6.07 Å². The Morgan fingerprint density at radius 3 is 2.83 bits per heavy atom. The Hall–Kier alpha value is -0.0900. The van der Waals surface area contributed by atoms with E-state index in [0.717, 1.165) is 29.3 Å². The first-order valence-corrected chi connectivity index (χ1v) is 7.99. The summed E-state index contributed by atoms with van der Waals surface area (Å²) >= 11 is 7.70. The van der Waals surface area contributed by atoms with Crippen LogP contribution in [0.3, 0.4) is 0 Å². The lowest BCUT2D eigenvalue weighted by Gasteiger charge is -2.44. The van der Waals surface area contributed by atoms with Crippen molar-refractivity contribution >= 4 is 22.9 Å². The topological polar surface area (TPSA) is 29.3 Å². The van der Waals surface area contributed by atoms with Crippen LogP contribution >= 0.6 is 22.9 Å². The number of likely N-dealkylation sites (N-methyl/N-ethyl adjacent to an activating group) is 1. The van der Waals surface area contributed by atoms with Gasteiger partial charge in [0.1, 0.15) is 0 Å². The summed E-state index contributed by atoms with van der Waals surface area (Å²) in [5.74, 6) is 1.74. The maximum atomic E-state index is 6.15. The SMILES string of the molecule is CN(Cc1ccc(Cl)s1)C1(CN)CC2CCC1C2. The van der Waals surface area contributed by atoms with E-state index < -0.39 is 0 Å². The molecular weight excluding hydrogens is 264 g/mol. The highest BCUT2D eigenvalue weighted by Crippen LogP contribution is 2.53. The van der Waals surface area contributed by atoms with E-state index in [4.69, 9.17) is 17.3 Å².